The van der Waals surface area contributed by atoms with Gasteiger partial charge in [0.1, 0.15) is 0 Å². The summed E-state index contributed by atoms with van der Waals surface area (Å²) in [4.78, 5) is 2.44. The summed E-state index contributed by atoms with van der Waals surface area (Å²) < 4.78 is 2.38. The lowest BCUT2D eigenvalue weighted by atomic mass is 9.68. The molecule has 0 radical (unpaired) electrons. The average Bonchev–Trinajstić information content (AvgIpc) is 3.75. The third-order valence-corrected chi connectivity index (χ3v) is 11.7. The Morgan fingerprint density at radius 2 is 0.909 bits per heavy atom. The smallest absolute Gasteiger partial charge is 0.0713 e. The maximum atomic E-state index is 2.44. The quantitative estimate of drug-likeness (QED) is 0.168. The van der Waals surface area contributed by atoms with E-state index < -0.39 is 5.41 Å². The van der Waals surface area contributed by atoms with Gasteiger partial charge in [0.2, 0.25) is 0 Å². The molecule has 1 aromatic heterocycles. The maximum absolute atomic E-state index is 2.44. The summed E-state index contributed by atoms with van der Waals surface area (Å²) in [5, 5.41) is 4.88. The van der Waals surface area contributed by atoms with E-state index in [0.717, 1.165) is 22.7 Å². The van der Waals surface area contributed by atoms with Gasteiger partial charge in [-0.25, -0.2) is 0 Å². The van der Waals surface area contributed by atoms with Crippen LogP contribution in [0.4, 0.5) is 17.1 Å². The Kier molecular flexibility index (Phi) is 7.11. The van der Waals surface area contributed by atoms with E-state index in [4.69, 9.17) is 0 Å². The van der Waals surface area contributed by atoms with Crippen LogP contribution < -0.4 is 4.90 Å². The monoisotopic (exact) mass is 700 g/mol. The normalized spacial score (nSPS) is 12.9. The topological polar surface area (TPSA) is 8.17 Å². The molecule has 0 bridgehead atoms. The van der Waals surface area contributed by atoms with Crippen LogP contribution in [0.2, 0.25) is 0 Å². The van der Waals surface area contributed by atoms with E-state index in [1.807, 2.05) is 0 Å². The first-order valence-corrected chi connectivity index (χ1v) is 19.0. The number of fused-ring (bicyclic) bond motifs is 7. The average molecular weight is 701 g/mol. The second-order valence-corrected chi connectivity index (χ2v) is 14.5. The first kappa shape index (κ1) is 31.4. The van der Waals surface area contributed by atoms with Crippen LogP contribution in [-0.2, 0) is 5.41 Å². The Hall–Kier alpha value is -7.16. The van der Waals surface area contributed by atoms with Crippen LogP contribution >= 0.6 is 0 Å². The number of nitrogens with zero attached hydrogens (tertiary/aromatic N) is 2. The highest BCUT2D eigenvalue weighted by molar-refractivity contribution is 6.11. The Balaban J connectivity index is 1.14. The van der Waals surface area contributed by atoms with Crippen LogP contribution in [0.5, 0.6) is 0 Å². The molecular weight excluding hydrogens is 665 g/mol. The number of benzene rings is 9. The summed E-state index contributed by atoms with van der Waals surface area (Å²) in [6, 6.07) is 80.0. The van der Waals surface area contributed by atoms with E-state index in [-0.39, 0.29) is 0 Å². The van der Waals surface area contributed by atoms with Gasteiger partial charge in [0.25, 0.3) is 0 Å². The third-order valence-electron chi connectivity index (χ3n) is 11.7. The van der Waals surface area contributed by atoms with Crippen LogP contribution in [0.25, 0.3) is 49.4 Å². The Bertz CT molecular complexity index is 2980. The molecule has 10 aromatic rings. The van der Waals surface area contributed by atoms with Crippen LogP contribution in [0.1, 0.15) is 22.3 Å². The molecule has 0 unspecified atom stereocenters. The van der Waals surface area contributed by atoms with Crippen LogP contribution in [-0.4, -0.2) is 4.57 Å². The van der Waals surface area contributed by atoms with Crippen LogP contribution in [0, 0.1) is 0 Å². The Morgan fingerprint density at radius 1 is 0.364 bits per heavy atom. The van der Waals surface area contributed by atoms with Crippen molar-refractivity contribution in [2.75, 3.05) is 4.90 Å². The second kappa shape index (κ2) is 12.5. The predicted molar refractivity (Wildman–Crippen MR) is 230 cm³/mol. The lowest BCUT2D eigenvalue weighted by Gasteiger charge is -2.34. The molecule has 0 fully saturated rings. The molecule has 11 rings (SSSR count). The van der Waals surface area contributed by atoms with E-state index in [1.165, 1.54) is 66.0 Å². The lowest BCUT2D eigenvalue weighted by molar-refractivity contribution is 0.768. The van der Waals surface area contributed by atoms with Crippen molar-refractivity contribution < 1.29 is 0 Å². The van der Waals surface area contributed by atoms with Gasteiger partial charge in [-0.1, -0.05) is 164 Å². The van der Waals surface area contributed by atoms with Crippen molar-refractivity contribution in [3.63, 3.8) is 0 Å². The minimum absolute atomic E-state index is 0.449. The zero-order valence-electron chi connectivity index (χ0n) is 30.2. The molecule has 9 aromatic carbocycles. The van der Waals surface area contributed by atoms with Gasteiger partial charge in [0, 0.05) is 33.2 Å². The molecule has 0 spiro atoms. The highest BCUT2D eigenvalue weighted by atomic mass is 15.1. The van der Waals surface area contributed by atoms with E-state index in [1.54, 1.807) is 0 Å². The van der Waals surface area contributed by atoms with Crippen LogP contribution in [0.3, 0.4) is 0 Å². The fraction of sp³-hybridized carbons (Fsp3) is 0.0189. The molecule has 2 nitrogen and oxygen atoms in total. The Morgan fingerprint density at radius 3 is 1.65 bits per heavy atom. The number of hydrogen-bond donors (Lipinski definition) is 0. The van der Waals surface area contributed by atoms with Gasteiger partial charge in [-0.15, -0.1) is 0 Å². The molecule has 1 aliphatic carbocycles. The predicted octanol–water partition coefficient (Wildman–Crippen LogP) is 13.8. The second-order valence-electron chi connectivity index (χ2n) is 14.5. The summed E-state index contributed by atoms with van der Waals surface area (Å²) in [6.45, 7) is 0. The van der Waals surface area contributed by atoms with Gasteiger partial charge in [-0.05, 0) is 93.4 Å². The van der Waals surface area contributed by atoms with Crippen molar-refractivity contribution in [2.45, 2.75) is 5.41 Å². The van der Waals surface area contributed by atoms with Crippen molar-refractivity contribution >= 4 is 49.6 Å². The third kappa shape index (κ3) is 4.68. The zero-order valence-corrected chi connectivity index (χ0v) is 30.2. The molecule has 2 heteroatoms. The number of rotatable bonds is 6. The molecule has 1 aliphatic rings. The van der Waals surface area contributed by atoms with E-state index in [0.29, 0.717) is 0 Å². The molecule has 258 valence electrons. The van der Waals surface area contributed by atoms with E-state index in [9.17, 15) is 0 Å². The molecule has 0 saturated heterocycles. The number of para-hydroxylation sites is 2. The summed E-state index contributed by atoms with van der Waals surface area (Å²) in [6.07, 6.45) is 0. The molecule has 0 aliphatic heterocycles. The lowest BCUT2D eigenvalue weighted by Crippen LogP contribution is -2.28. The van der Waals surface area contributed by atoms with E-state index >= 15 is 0 Å². The van der Waals surface area contributed by atoms with Crippen molar-refractivity contribution in [3.05, 3.63) is 241 Å². The summed E-state index contributed by atoms with van der Waals surface area (Å²) >= 11 is 0. The van der Waals surface area contributed by atoms with Gasteiger partial charge in [-0.2, -0.15) is 0 Å². The summed E-state index contributed by atoms with van der Waals surface area (Å²) in [5.41, 5.74) is 14.2. The van der Waals surface area contributed by atoms with Crippen molar-refractivity contribution in [1.29, 1.82) is 0 Å². The fourth-order valence-electron chi connectivity index (χ4n) is 9.36. The first-order chi connectivity index (χ1) is 27.3. The van der Waals surface area contributed by atoms with E-state index in [2.05, 4.69) is 228 Å². The molecule has 0 saturated carbocycles. The highest BCUT2D eigenvalue weighted by Crippen LogP contribution is 2.56. The van der Waals surface area contributed by atoms with Crippen molar-refractivity contribution in [2.24, 2.45) is 0 Å². The number of anilines is 3. The van der Waals surface area contributed by atoms with Gasteiger partial charge in [0.15, 0.2) is 0 Å². The maximum Gasteiger partial charge on any atom is 0.0713 e. The molecule has 0 amide bonds. The largest absolute Gasteiger partial charge is 0.310 e. The minimum atomic E-state index is -0.449. The first-order valence-electron chi connectivity index (χ1n) is 19.0. The fourth-order valence-corrected chi connectivity index (χ4v) is 9.36. The summed E-state index contributed by atoms with van der Waals surface area (Å²) in [7, 11) is 0. The van der Waals surface area contributed by atoms with Gasteiger partial charge in [0.05, 0.1) is 22.1 Å². The number of hydrogen-bond acceptors (Lipinski definition) is 1. The van der Waals surface area contributed by atoms with Crippen molar-refractivity contribution in [1.82, 2.24) is 4.57 Å². The molecule has 0 N–H and O–H groups in total. The van der Waals surface area contributed by atoms with Crippen LogP contribution in [0.15, 0.2) is 218 Å². The molecule has 55 heavy (non-hydrogen) atoms. The van der Waals surface area contributed by atoms with Crippen molar-refractivity contribution in [3.8, 4) is 16.8 Å². The van der Waals surface area contributed by atoms with Gasteiger partial charge in [-0.3, -0.25) is 0 Å². The van der Waals surface area contributed by atoms with Gasteiger partial charge >= 0.3 is 0 Å². The zero-order chi connectivity index (χ0) is 36.3. The molecular formula is C53H36N2. The number of aromatic nitrogens is 1. The highest BCUT2D eigenvalue weighted by Gasteiger charge is 2.45. The Labute approximate surface area is 320 Å². The molecule has 1 heterocycles. The standard InChI is InChI=1S/C53H36N2/c1-3-18-38(19-4-1)53(48-26-12-9-23-44(48)45-24-10-13-27-49(45)53)39-30-32-41(33-31-39)54(50-29-15-17-37-16-7-8-22-43(37)50)42-34-35-52-47(36-42)46-25-11-14-28-51(46)55(52)40-20-5-2-6-21-40/h1-36H. The molecule has 0 atom stereocenters. The summed E-state index contributed by atoms with van der Waals surface area (Å²) in [5.74, 6) is 0. The SMILES string of the molecule is c1ccc(-n2c3ccccc3c3cc(N(c4ccc(C5(c6ccccc6)c6ccccc6-c6ccccc65)cc4)c4cccc5ccccc45)ccc32)cc1. The minimum Gasteiger partial charge on any atom is -0.310 e. The van der Waals surface area contributed by atoms with Gasteiger partial charge < -0.3 is 9.47 Å².